The molecular formula is C21H27NO3. The van der Waals surface area contributed by atoms with Crippen LogP contribution >= 0.6 is 0 Å². The number of rotatable bonds is 6. The molecule has 0 atom stereocenters. The summed E-state index contributed by atoms with van der Waals surface area (Å²) in [7, 11) is 0. The maximum Gasteiger partial charge on any atom is 0.258 e. The Morgan fingerprint density at radius 3 is 2.40 bits per heavy atom. The van der Waals surface area contributed by atoms with Crippen molar-refractivity contribution in [1.29, 1.82) is 0 Å². The average molecular weight is 341 g/mol. The van der Waals surface area contributed by atoms with Crippen molar-refractivity contribution in [3.05, 3.63) is 72.2 Å². The van der Waals surface area contributed by atoms with E-state index in [2.05, 4.69) is 37.5 Å². The first-order valence-electron chi connectivity index (χ1n) is 8.67. The van der Waals surface area contributed by atoms with Crippen molar-refractivity contribution in [1.82, 2.24) is 5.32 Å². The predicted molar refractivity (Wildman–Crippen MR) is 100 cm³/mol. The lowest BCUT2D eigenvalue weighted by atomic mass is 9.67. The summed E-state index contributed by atoms with van der Waals surface area (Å²) in [4.78, 5) is 12.5. The molecule has 1 fully saturated rings. The first kappa shape index (κ1) is 18.8. The first-order valence-corrected chi connectivity index (χ1v) is 8.67. The van der Waals surface area contributed by atoms with Gasteiger partial charge in [0.25, 0.3) is 5.91 Å². The van der Waals surface area contributed by atoms with Crippen molar-refractivity contribution in [2.75, 3.05) is 6.54 Å². The Bertz CT molecular complexity index is 668. The lowest BCUT2D eigenvalue weighted by molar-refractivity contribution is -0.118. The van der Waals surface area contributed by atoms with E-state index in [9.17, 15) is 15.0 Å². The van der Waals surface area contributed by atoms with Gasteiger partial charge in [-0.05, 0) is 43.2 Å². The molecule has 1 aromatic rings. The molecule has 0 radical (unpaired) electrons. The lowest BCUT2D eigenvalue weighted by Crippen LogP contribution is -2.43. The fraction of sp³-hybridized carbons (Fsp3) is 0.381. The van der Waals surface area contributed by atoms with E-state index >= 15 is 0 Å². The highest BCUT2D eigenvalue weighted by Crippen LogP contribution is 2.41. The molecule has 1 aliphatic rings. The van der Waals surface area contributed by atoms with Crippen LogP contribution in [0.4, 0.5) is 0 Å². The van der Waals surface area contributed by atoms with Crippen molar-refractivity contribution in [2.24, 2.45) is 5.92 Å². The molecule has 1 aromatic carbocycles. The van der Waals surface area contributed by atoms with Gasteiger partial charge in [0.05, 0.1) is 0 Å². The second kappa shape index (κ2) is 8.06. The minimum absolute atomic E-state index is 0.130. The molecule has 4 heteroatoms. The molecule has 1 aliphatic carbocycles. The smallest absolute Gasteiger partial charge is 0.258 e. The van der Waals surface area contributed by atoms with Gasteiger partial charge in [-0.25, -0.2) is 0 Å². The van der Waals surface area contributed by atoms with Crippen molar-refractivity contribution >= 4 is 5.91 Å². The van der Waals surface area contributed by atoms with E-state index in [1.165, 1.54) is 5.56 Å². The summed E-state index contributed by atoms with van der Waals surface area (Å²) < 4.78 is 0. The van der Waals surface area contributed by atoms with Gasteiger partial charge in [0.2, 0.25) is 0 Å². The van der Waals surface area contributed by atoms with Crippen molar-refractivity contribution in [3.8, 4) is 0 Å². The summed E-state index contributed by atoms with van der Waals surface area (Å²) in [6.07, 6.45) is 5.32. The highest BCUT2D eigenvalue weighted by Gasteiger charge is 2.36. The number of allylic oxidation sites excluding steroid dienone is 1. The predicted octanol–water partition coefficient (Wildman–Crippen LogP) is 4.32. The van der Waals surface area contributed by atoms with Crippen LogP contribution in [0.5, 0.6) is 0 Å². The average Bonchev–Trinajstić information content (AvgIpc) is 2.62. The second-order valence-corrected chi connectivity index (χ2v) is 6.92. The Hall–Kier alpha value is -2.49. The zero-order chi connectivity index (χ0) is 18.4. The van der Waals surface area contributed by atoms with E-state index in [4.69, 9.17) is 0 Å². The molecule has 1 saturated carbocycles. The van der Waals surface area contributed by atoms with Crippen LogP contribution in [0.25, 0.3) is 0 Å². The molecular weight excluding hydrogens is 314 g/mol. The van der Waals surface area contributed by atoms with Crippen molar-refractivity contribution in [2.45, 2.75) is 38.0 Å². The van der Waals surface area contributed by atoms with Crippen LogP contribution in [-0.2, 0) is 10.2 Å². The van der Waals surface area contributed by atoms with Crippen LogP contribution in [0.15, 0.2) is 66.7 Å². The van der Waals surface area contributed by atoms with Gasteiger partial charge < -0.3 is 15.5 Å². The fourth-order valence-electron chi connectivity index (χ4n) is 3.51. The molecule has 1 amide bonds. The second-order valence-electron chi connectivity index (χ2n) is 6.92. The number of hydrogen-bond acceptors (Lipinski definition) is 3. The zero-order valence-electron chi connectivity index (χ0n) is 14.8. The Morgan fingerprint density at radius 2 is 1.88 bits per heavy atom. The molecule has 0 saturated heterocycles. The standard InChI is InChI=1S/C21H27NO3/c1-4-18(24)19(16(3)23)20(25)22-14-21(12-10-15(2)11-13-21)17-8-6-5-7-9-17/h4-9,15,23-24H,1,3,10-14H2,2H3,(H,22,25)/b19-18-. The van der Waals surface area contributed by atoms with E-state index in [0.717, 1.165) is 31.8 Å². The maximum atomic E-state index is 12.5. The number of carbonyl (C=O) groups is 1. The number of amides is 1. The molecule has 134 valence electrons. The Kier molecular flexibility index (Phi) is 6.07. The highest BCUT2D eigenvalue weighted by atomic mass is 16.3. The first-order chi connectivity index (χ1) is 11.9. The van der Waals surface area contributed by atoms with Crippen LogP contribution in [0, 0.1) is 5.92 Å². The molecule has 0 heterocycles. The third-order valence-corrected chi connectivity index (χ3v) is 5.17. The van der Waals surface area contributed by atoms with Gasteiger partial charge in [0.15, 0.2) is 0 Å². The molecule has 2 rings (SSSR count). The Morgan fingerprint density at radius 1 is 1.28 bits per heavy atom. The van der Waals surface area contributed by atoms with Crippen molar-refractivity contribution in [3.63, 3.8) is 0 Å². The van der Waals surface area contributed by atoms with E-state index in [0.29, 0.717) is 12.5 Å². The van der Waals surface area contributed by atoms with Gasteiger partial charge >= 0.3 is 0 Å². The number of nitrogens with one attached hydrogen (secondary N) is 1. The summed E-state index contributed by atoms with van der Waals surface area (Å²) >= 11 is 0. The molecule has 4 nitrogen and oxygen atoms in total. The Balaban J connectivity index is 2.23. The lowest BCUT2D eigenvalue weighted by Gasteiger charge is -2.40. The molecule has 0 aliphatic heterocycles. The molecule has 25 heavy (non-hydrogen) atoms. The summed E-state index contributed by atoms with van der Waals surface area (Å²) in [5, 5.41) is 22.3. The monoisotopic (exact) mass is 341 g/mol. The van der Waals surface area contributed by atoms with Crippen molar-refractivity contribution < 1.29 is 15.0 Å². The van der Waals surface area contributed by atoms with Gasteiger partial charge in [-0.2, -0.15) is 0 Å². The number of aliphatic hydroxyl groups excluding tert-OH is 2. The number of benzene rings is 1. The zero-order valence-corrected chi connectivity index (χ0v) is 14.8. The van der Waals surface area contributed by atoms with Gasteiger partial charge in [-0.15, -0.1) is 0 Å². The minimum atomic E-state index is -0.543. The van der Waals surface area contributed by atoms with Crippen LogP contribution < -0.4 is 5.32 Å². The summed E-state index contributed by atoms with van der Waals surface area (Å²) in [6.45, 7) is 9.48. The van der Waals surface area contributed by atoms with Gasteiger partial charge in [0.1, 0.15) is 17.1 Å². The molecule has 3 N–H and O–H groups in total. The van der Waals surface area contributed by atoms with Gasteiger partial charge in [-0.1, -0.05) is 50.4 Å². The van der Waals surface area contributed by atoms with Crippen LogP contribution in [0.3, 0.4) is 0 Å². The third kappa shape index (κ3) is 4.32. The fourth-order valence-corrected chi connectivity index (χ4v) is 3.51. The van der Waals surface area contributed by atoms with Crippen LogP contribution in [0.2, 0.25) is 0 Å². The van der Waals surface area contributed by atoms with Crippen LogP contribution in [-0.4, -0.2) is 22.7 Å². The molecule has 0 aromatic heterocycles. The number of hydrogen-bond donors (Lipinski definition) is 3. The van der Waals surface area contributed by atoms with E-state index in [1.54, 1.807) is 0 Å². The normalized spacial score (nSPS) is 24.1. The van der Waals surface area contributed by atoms with Gasteiger partial charge in [0, 0.05) is 12.0 Å². The summed E-state index contributed by atoms with van der Waals surface area (Å²) in [5.41, 5.74) is 0.848. The summed E-state index contributed by atoms with van der Waals surface area (Å²) in [6, 6.07) is 10.2. The highest BCUT2D eigenvalue weighted by molar-refractivity contribution is 5.97. The van der Waals surface area contributed by atoms with E-state index < -0.39 is 11.7 Å². The molecule has 0 unspecified atom stereocenters. The van der Waals surface area contributed by atoms with E-state index in [1.807, 2.05) is 18.2 Å². The number of aliphatic hydroxyl groups is 2. The third-order valence-electron chi connectivity index (χ3n) is 5.17. The Labute approximate surface area is 149 Å². The van der Waals surface area contributed by atoms with E-state index in [-0.39, 0.29) is 16.7 Å². The SMILES string of the molecule is C=C/C(O)=C(\C(=C)O)C(=O)NCC1(c2ccccc2)CCC(C)CC1. The van der Waals surface area contributed by atoms with Gasteiger partial charge in [-0.3, -0.25) is 4.79 Å². The molecule has 0 spiro atoms. The largest absolute Gasteiger partial charge is 0.508 e. The summed E-state index contributed by atoms with van der Waals surface area (Å²) in [5.74, 6) is -0.708. The number of carbonyl (C=O) groups excluding carboxylic acids is 1. The quantitative estimate of drug-likeness (QED) is 0.410. The minimum Gasteiger partial charge on any atom is -0.508 e. The maximum absolute atomic E-state index is 12.5. The molecule has 0 bridgehead atoms. The van der Waals surface area contributed by atoms with Crippen LogP contribution in [0.1, 0.15) is 38.2 Å². The topological polar surface area (TPSA) is 69.6 Å².